The molecule has 106 valence electrons. The van der Waals surface area contributed by atoms with Crippen LogP contribution in [0.1, 0.15) is 12.6 Å². The third-order valence-corrected chi connectivity index (χ3v) is 2.84. The van der Waals surface area contributed by atoms with Gasteiger partial charge in [-0.2, -0.15) is 9.78 Å². The van der Waals surface area contributed by atoms with Crippen LogP contribution in [-0.4, -0.2) is 28.5 Å². The minimum absolute atomic E-state index is 0.0966. The highest BCUT2D eigenvalue weighted by Crippen LogP contribution is 2.15. The molecule has 0 amide bonds. The number of hydrogen-bond acceptors (Lipinski definition) is 5. The van der Waals surface area contributed by atoms with Crippen LogP contribution in [0.5, 0.6) is 11.5 Å². The maximum Gasteiger partial charge on any atom is 0.275 e. The van der Waals surface area contributed by atoms with E-state index in [1.165, 1.54) is 10.7 Å². The van der Waals surface area contributed by atoms with Gasteiger partial charge in [0, 0.05) is 12.6 Å². The second-order valence-electron chi connectivity index (χ2n) is 4.20. The van der Waals surface area contributed by atoms with Crippen molar-refractivity contribution in [2.45, 2.75) is 13.5 Å². The molecule has 1 aromatic heterocycles. The molecule has 0 saturated carbocycles. The summed E-state index contributed by atoms with van der Waals surface area (Å²) in [4.78, 5) is 11.9. The van der Waals surface area contributed by atoms with Crippen LogP contribution in [-0.2, 0) is 6.54 Å². The predicted molar refractivity (Wildman–Crippen MR) is 75.4 cm³/mol. The van der Waals surface area contributed by atoms with Crippen molar-refractivity contribution in [3.05, 3.63) is 46.4 Å². The number of methoxy groups -OCH3 is 1. The summed E-state index contributed by atoms with van der Waals surface area (Å²) < 4.78 is 6.33. The van der Waals surface area contributed by atoms with E-state index in [0.29, 0.717) is 23.7 Å². The van der Waals surface area contributed by atoms with Crippen molar-refractivity contribution in [3.8, 4) is 17.2 Å². The first-order chi connectivity index (χ1) is 9.65. The lowest BCUT2D eigenvalue weighted by Gasteiger charge is -2.09. The monoisotopic (exact) mass is 275 g/mol. The number of rotatable bonds is 5. The smallest absolute Gasteiger partial charge is 0.275 e. The van der Waals surface area contributed by atoms with E-state index in [2.05, 4.69) is 10.4 Å². The zero-order chi connectivity index (χ0) is 14.5. The lowest BCUT2D eigenvalue weighted by atomic mass is 10.3. The van der Waals surface area contributed by atoms with Gasteiger partial charge in [0.15, 0.2) is 0 Å². The molecule has 0 spiro atoms. The Labute approximate surface area is 116 Å². The molecule has 1 aromatic carbocycles. The molecule has 0 atom stereocenters. The number of aromatic nitrogens is 2. The molecular formula is C14H17N3O3. The first-order valence-corrected chi connectivity index (χ1v) is 6.33. The van der Waals surface area contributed by atoms with Crippen LogP contribution in [0.4, 0.5) is 0 Å². The number of hydrogen-bond donors (Lipinski definition) is 2. The van der Waals surface area contributed by atoms with Gasteiger partial charge in [0.25, 0.3) is 5.56 Å². The highest BCUT2D eigenvalue weighted by molar-refractivity contribution is 5.37. The zero-order valence-corrected chi connectivity index (χ0v) is 11.5. The topological polar surface area (TPSA) is 76.4 Å². The van der Waals surface area contributed by atoms with Crippen LogP contribution in [0.25, 0.3) is 5.69 Å². The van der Waals surface area contributed by atoms with E-state index in [-0.39, 0.29) is 11.3 Å². The zero-order valence-electron chi connectivity index (χ0n) is 11.5. The van der Waals surface area contributed by atoms with E-state index >= 15 is 0 Å². The van der Waals surface area contributed by atoms with Crippen molar-refractivity contribution in [1.82, 2.24) is 15.1 Å². The Balaban J connectivity index is 2.41. The fourth-order valence-electron chi connectivity index (χ4n) is 1.76. The average Bonchev–Trinajstić information content (AvgIpc) is 2.47. The Kier molecular flexibility index (Phi) is 4.37. The van der Waals surface area contributed by atoms with Crippen molar-refractivity contribution in [2.75, 3.05) is 13.7 Å². The van der Waals surface area contributed by atoms with E-state index < -0.39 is 0 Å². The minimum Gasteiger partial charge on any atom is -0.506 e. The molecule has 2 rings (SSSR count). The predicted octanol–water partition coefficient (Wildman–Crippen LogP) is 1.06. The maximum atomic E-state index is 11.9. The Morgan fingerprint density at radius 2 is 2.05 bits per heavy atom. The van der Waals surface area contributed by atoms with E-state index in [1.54, 1.807) is 31.4 Å². The molecule has 0 radical (unpaired) electrons. The number of nitrogens with zero attached hydrogens (tertiary/aromatic N) is 2. The second-order valence-corrected chi connectivity index (χ2v) is 4.20. The van der Waals surface area contributed by atoms with Gasteiger partial charge in [0.2, 0.25) is 0 Å². The van der Waals surface area contributed by atoms with E-state index in [9.17, 15) is 9.90 Å². The van der Waals surface area contributed by atoms with Gasteiger partial charge in [-0.1, -0.05) is 6.92 Å². The van der Waals surface area contributed by atoms with Gasteiger partial charge in [0.05, 0.1) is 12.8 Å². The van der Waals surface area contributed by atoms with E-state index in [0.717, 1.165) is 6.54 Å². The molecule has 0 bridgehead atoms. The van der Waals surface area contributed by atoms with Crippen LogP contribution in [0.3, 0.4) is 0 Å². The van der Waals surface area contributed by atoms with Gasteiger partial charge in [-0.3, -0.25) is 4.79 Å². The Morgan fingerprint density at radius 1 is 1.35 bits per heavy atom. The highest BCUT2D eigenvalue weighted by atomic mass is 16.5. The van der Waals surface area contributed by atoms with Crippen molar-refractivity contribution in [1.29, 1.82) is 0 Å². The summed E-state index contributed by atoms with van der Waals surface area (Å²) in [6, 6.07) is 8.15. The van der Waals surface area contributed by atoms with E-state index in [4.69, 9.17) is 4.74 Å². The van der Waals surface area contributed by atoms with Crippen LogP contribution < -0.4 is 15.6 Å². The minimum atomic E-state index is -0.382. The molecule has 2 N–H and O–H groups in total. The van der Waals surface area contributed by atoms with Crippen molar-refractivity contribution in [3.63, 3.8) is 0 Å². The summed E-state index contributed by atoms with van der Waals surface area (Å²) in [5, 5.41) is 17.0. The molecule has 6 nitrogen and oxygen atoms in total. The first-order valence-electron chi connectivity index (χ1n) is 6.33. The Bertz CT molecular complexity index is 635. The highest BCUT2D eigenvalue weighted by Gasteiger charge is 2.09. The second kappa shape index (κ2) is 6.21. The summed E-state index contributed by atoms with van der Waals surface area (Å²) >= 11 is 0. The molecule has 0 unspecified atom stereocenters. The lowest BCUT2D eigenvalue weighted by molar-refractivity contribution is 0.414. The maximum absolute atomic E-state index is 11.9. The standard InChI is InChI=1S/C14H17N3O3/c1-3-15-9-12-13(18)8-14(19)17(16-12)10-4-6-11(20-2)7-5-10/h4-8,15,18H,3,9H2,1-2H3. The first kappa shape index (κ1) is 14.1. The molecular weight excluding hydrogens is 258 g/mol. The molecule has 20 heavy (non-hydrogen) atoms. The Morgan fingerprint density at radius 3 is 2.65 bits per heavy atom. The molecule has 0 aliphatic rings. The van der Waals surface area contributed by atoms with Crippen LogP contribution >= 0.6 is 0 Å². The lowest BCUT2D eigenvalue weighted by Crippen LogP contribution is -2.23. The summed E-state index contributed by atoms with van der Waals surface area (Å²) in [5.41, 5.74) is 0.670. The van der Waals surface area contributed by atoms with Crippen molar-refractivity contribution < 1.29 is 9.84 Å². The Hall–Kier alpha value is -2.34. The fourth-order valence-corrected chi connectivity index (χ4v) is 1.76. The van der Waals surface area contributed by atoms with Gasteiger partial charge in [-0.25, -0.2) is 0 Å². The normalized spacial score (nSPS) is 10.5. The third-order valence-electron chi connectivity index (χ3n) is 2.84. The van der Waals surface area contributed by atoms with Gasteiger partial charge in [-0.15, -0.1) is 0 Å². The van der Waals surface area contributed by atoms with Crippen LogP contribution in [0.2, 0.25) is 0 Å². The molecule has 6 heteroatoms. The molecule has 2 aromatic rings. The summed E-state index contributed by atoms with van der Waals surface area (Å²) in [5.74, 6) is 0.606. The molecule has 1 heterocycles. The molecule has 0 aliphatic heterocycles. The number of ether oxygens (including phenoxy) is 1. The summed E-state index contributed by atoms with van der Waals surface area (Å²) in [6.07, 6.45) is 0. The summed E-state index contributed by atoms with van der Waals surface area (Å²) in [7, 11) is 1.58. The third kappa shape index (κ3) is 2.97. The van der Waals surface area contributed by atoms with Gasteiger partial charge in [-0.05, 0) is 30.8 Å². The summed E-state index contributed by atoms with van der Waals surface area (Å²) in [6.45, 7) is 3.11. The number of aromatic hydroxyl groups is 1. The van der Waals surface area contributed by atoms with E-state index in [1.807, 2.05) is 6.92 Å². The van der Waals surface area contributed by atoms with Crippen molar-refractivity contribution >= 4 is 0 Å². The SMILES string of the molecule is CCNCc1nn(-c2ccc(OC)cc2)c(=O)cc1O. The molecule has 0 saturated heterocycles. The number of nitrogens with one attached hydrogen (secondary N) is 1. The average molecular weight is 275 g/mol. The van der Waals surface area contributed by atoms with Crippen LogP contribution in [0, 0.1) is 0 Å². The molecule has 0 fully saturated rings. The fraction of sp³-hybridized carbons (Fsp3) is 0.286. The quantitative estimate of drug-likeness (QED) is 0.853. The van der Waals surface area contributed by atoms with Gasteiger partial charge < -0.3 is 15.2 Å². The molecule has 0 aliphatic carbocycles. The van der Waals surface area contributed by atoms with Gasteiger partial charge >= 0.3 is 0 Å². The van der Waals surface area contributed by atoms with Gasteiger partial charge in [0.1, 0.15) is 17.2 Å². The largest absolute Gasteiger partial charge is 0.506 e. The van der Waals surface area contributed by atoms with Crippen LogP contribution in [0.15, 0.2) is 35.1 Å². The van der Waals surface area contributed by atoms with Crippen molar-refractivity contribution in [2.24, 2.45) is 0 Å². The number of benzene rings is 1.